The maximum Gasteiger partial charge on any atom is 0.111 e. The summed E-state index contributed by atoms with van der Waals surface area (Å²) in [4.78, 5) is 0. The number of fused-ring (bicyclic) bond motifs is 4. The van der Waals surface area contributed by atoms with E-state index in [0.29, 0.717) is 25.2 Å². The van der Waals surface area contributed by atoms with Crippen LogP contribution in [0, 0.1) is 5.92 Å². The Hall–Kier alpha value is -1.36. The largest absolute Gasteiger partial charge is 0.392 e. The Bertz CT molecular complexity index is 1160. The Balaban J connectivity index is 1.26. The Labute approximate surface area is 283 Å². The minimum absolute atomic E-state index is 0.0494. The lowest BCUT2D eigenvalue weighted by molar-refractivity contribution is -0.273. The van der Waals surface area contributed by atoms with Crippen molar-refractivity contribution in [2.24, 2.45) is 5.92 Å². The topological polar surface area (TPSA) is 107 Å². The van der Waals surface area contributed by atoms with Gasteiger partial charge in [-0.15, -0.1) is 0 Å². The van der Waals surface area contributed by atoms with Gasteiger partial charge in [-0.25, -0.2) is 0 Å². The number of hydrogen-bond acceptors (Lipinski definition) is 8. The van der Waals surface area contributed by atoms with Crippen molar-refractivity contribution in [2.45, 2.75) is 184 Å². The number of allylic oxidation sites excluding steroid dienone is 6. The third kappa shape index (κ3) is 8.34. The lowest BCUT2D eigenvalue weighted by Crippen LogP contribution is -2.59. The van der Waals surface area contributed by atoms with Gasteiger partial charge in [-0.2, -0.15) is 0 Å². The summed E-state index contributed by atoms with van der Waals surface area (Å²) in [6.45, 7) is 16.3. The van der Waals surface area contributed by atoms with Crippen molar-refractivity contribution in [3.05, 3.63) is 48.1 Å². The van der Waals surface area contributed by atoms with Gasteiger partial charge in [0.15, 0.2) is 0 Å². The van der Waals surface area contributed by atoms with Crippen LogP contribution in [-0.4, -0.2) is 93.7 Å². The van der Waals surface area contributed by atoms with E-state index in [4.69, 9.17) is 23.7 Å². The molecule has 5 aliphatic heterocycles. The molecule has 6 unspecified atom stereocenters. The average molecular weight is 659 g/mol. The summed E-state index contributed by atoms with van der Waals surface area (Å²) in [6, 6.07) is 0. The standard InChI is InChI=1S/C39H62O8/c1-8-9-10-11-15-33-37(5,42)19-16-30-31(43-33)17-20-38(6)35(44-30)23-32-36(47-38)28(41)24-39(7)34(45-32)22-27(4)29(46-39)14-12-13-25(2)26(3)18-21-40/h8-10,13,18,27-36,40-42H,1,11-12,14-17,19-24H2,2-7H3/t27?,28?,29-,30?,31-,32?,33+,34?,35?,36-,37+,38+,39+/m0/s1. The molecule has 47 heavy (non-hydrogen) atoms. The lowest BCUT2D eigenvalue weighted by Gasteiger charge is -2.49. The van der Waals surface area contributed by atoms with Crippen molar-refractivity contribution in [1.82, 2.24) is 0 Å². The minimum atomic E-state index is -0.922. The van der Waals surface area contributed by atoms with Crippen molar-refractivity contribution in [3.63, 3.8) is 0 Å². The highest BCUT2D eigenvalue weighted by Crippen LogP contribution is 2.49. The van der Waals surface area contributed by atoms with Crippen LogP contribution in [-0.2, 0) is 23.7 Å². The molecule has 5 fully saturated rings. The van der Waals surface area contributed by atoms with E-state index < -0.39 is 29.0 Å². The van der Waals surface area contributed by atoms with Gasteiger partial charge < -0.3 is 39.0 Å². The summed E-state index contributed by atoms with van der Waals surface area (Å²) in [6.07, 6.45) is 15.7. The van der Waals surface area contributed by atoms with Crippen LogP contribution in [0.4, 0.5) is 0 Å². The third-order valence-corrected chi connectivity index (χ3v) is 12.0. The average Bonchev–Trinajstić information content (AvgIpc) is 3.27. The van der Waals surface area contributed by atoms with E-state index in [9.17, 15) is 15.3 Å². The molecule has 0 aromatic rings. The maximum absolute atomic E-state index is 11.7. The Morgan fingerprint density at radius 3 is 2.28 bits per heavy atom. The molecule has 8 heteroatoms. The van der Waals surface area contributed by atoms with Crippen molar-refractivity contribution in [3.8, 4) is 0 Å². The van der Waals surface area contributed by atoms with Crippen LogP contribution in [0.5, 0.6) is 0 Å². The predicted octanol–water partition coefficient (Wildman–Crippen LogP) is 6.27. The van der Waals surface area contributed by atoms with Crippen LogP contribution < -0.4 is 0 Å². The van der Waals surface area contributed by atoms with E-state index in [1.165, 1.54) is 5.57 Å². The summed E-state index contributed by atoms with van der Waals surface area (Å²) in [5.41, 5.74) is 0.159. The second-order valence-corrected chi connectivity index (χ2v) is 15.8. The van der Waals surface area contributed by atoms with Gasteiger partial charge in [-0.1, -0.05) is 55.0 Å². The second kappa shape index (κ2) is 15.3. The first-order chi connectivity index (χ1) is 22.3. The van der Waals surface area contributed by atoms with Gasteiger partial charge >= 0.3 is 0 Å². The molecule has 0 amide bonds. The van der Waals surface area contributed by atoms with Gasteiger partial charge in [0, 0.05) is 12.8 Å². The molecule has 266 valence electrons. The molecular formula is C39H62O8. The normalized spacial score (nSPS) is 46.3. The molecule has 13 atom stereocenters. The van der Waals surface area contributed by atoms with Crippen LogP contribution in [0.25, 0.3) is 0 Å². The summed E-state index contributed by atoms with van der Waals surface area (Å²) >= 11 is 0. The Morgan fingerprint density at radius 1 is 0.851 bits per heavy atom. The van der Waals surface area contributed by atoms with E-state index in [-0.39, 0.29) is 49.3 Å². The van der Waals surface area contributed by atoms with Gasteiger partial charge in [-0.05, 0) is 98.3 Å². The first-order valence-corrected chi connectivity index (χ1v) is 18.2. The quantitative estimate of drug-likeness (QED) is 0.249. The Morgan fingerprint density at radius 2 is 1.53 bits per heavy atom. The number of hydrogen-bond donors (Lipinski definition) is 3. The van der Waals surface area contributed by atoms with Crippen molar-refractivity contribution in [2.75, 3.05) is 6.61 Å². The van der Waals surface area contributed by atoms with Crippen molar-refractivity contribution < 1.29 is 39.0 Å². The molecule has 5 aliphatic rings. The zero-order valence-corrected chi connectivity index (χ0v) is 29.7. The zero-order chi connectivity index (χ0) is 34.0. The van der Waals surface area contributed by atoms with Crippen molar-refractivity contribution in [1.29, 1.82) is 0 Å². The molecule has 0 bridgehead atoms. The van der Waals surface area contributed by atoms with Gasteiger partial charge in [0.25, 0.3) is 0 Å². The molecule has 0 saturated carbocycles. The van der Waals surface area contributed by atoms with Crippen LogP contribution in [0.1, 0.15) is 112 Å². The number of rotatable bonds is 9. The second-order valence-electron chi connectivity index (χ2n) is 15.8. The molecule has 0 aromatic carbocycles. The number of aliphatic hydroxyl groups is 3. The highest BCUT2D eigenvalue weighted by Gasteiger charge is 2.58. The van der Waals surface area contributed by atoms with Gasteiger partial charge in [-0.3, -0.25) is 0 Å². The predicted molar refractivity (Wildman–Crippen MR) is 183 cm³/mol. The highest BCUT2D eigenvalue weighted by atomic mass is 16.6. The SMILES string of the molecule is C=CC=CCC[C@H]1O[C@H]2CC[C@@]3(C)O[C@H]4C(O)C[C@@]5(C)O[C@@H](CCC=C(C)C(C)=CCO)C(C)CC5OC4CC3OC2CC[C@@]1(C)O. The molecule has 5 heterocycles. The van der Waals surface area contributed by atoms with Crippen LogP contribution in [0.3, 0.4) is 0 Å². The van der Waals surface area contributed by atoms with E-state index in [1.807, 2.05) is 26.0 Å². The Kier molecular flexibility index (Phi) is 12.0. The molecule has 8 nitrogen and oxygen atoms in total. The summed E-state index contributed by atoms with van der Waals surface area (Å²) < 4.78 is 34.2. The molecular weight excluding hydrogens is 596 g/mol. The fraction of sp³-hybridized carbons (Fsp3) is 0.795. The lowest BCUT2D eigenvalue weighted by atomic mass is 9.79. The molecule has 5 saturated heterocycles. The van der Waals surface area contributed by atoms with Crippen LogP contribution in [0.2, 0.25) is 0 Å². The number of ether oxygens (including phenoxy) is 5. The fourth-order valence-corrected chi connectivity index (χ4v) is 8.70. The van der Waals surface area contributed by atoms with Crippen molar-refractivity contribution >= 4 is 0 Å². The first-order valence-electron chi connectivity index (χ1n) is 18.2. The summed E-state index contributed by atoms with van der Waals surface area (Å²) in [7, 11) is 0. The highest BCUT2D eigenvalue weighted by molar-refractivity contribution is 5.26. The smallest absolute Gasteiger partial charge is 0.111 e. The van der Waals surface area contributed by atoms with Crippen LogP contribution in [0.15, 0.2) is 48.1 Å². The molecule has 0 aromatic heterocycles. The minimum Gasteiger partial charge on any atom is -0.392 e. The molecule has 5 rings (SSSR count). The van der Waals surface area contributed by atoms with Gasteiger partial charge in [0.2, 0.25) is 0 Å². The molecule has 0 radical (unpaired) electrons. The van der Waals surface area contributed by atoms with E-state index in [2.05, 4.69) is 46.4 Å². The third-order valence-electron chi connectivity index (χ3n) is 12.0. The first kappa shape index (κ1) is 36.9. The monoisotopic (exact) mass is 658 g/mol. The van der Waals surface area contributed by atoms with Crippen LogP contribution >= 0.6 is 0 Å². The summed E-state index contributed by atoms with van der Waals surface area (Å²) in [5, 5.41) is 32.3. The van der Waals surface area contributed by atoms with E-state index in [1.54, 1.807) is 6.08 Å². The number of aliphatic hydroxyl groups excluding tert-OH is 2. The molecule has 0 spiro atoms. The van der Waals surface area contributed by atoms with E-state index in [0.717, 1.165) is 56.9 Å². The van der Waals surface area contributed by atoms with E-state index >= 15 is 0 Å². The molecule has 0 aliphatic carbocycles. The summed E-state index contributed by atoms with van der Waals surface area (Å²) in [5.74, 6) is 0.311. The van der Waals surface area contributed by atoms with Gasteiger partial charge in [0.1, 0.15) is 6.10 Å². The maximum atomic E-state index is 11.7. The molecule has 3 N–H and O–H groups in total. The fourth-order valence-electron chi connectivity index (χ4n) is 8.70. The zero-order valence-electron chi connectivity index (χ0n) is 29.7. The van der Waals surface area contributed by atoms with Gasteiger partial charge in [0.05, 0.1) is 72.2 Å².